The molecule has 5 heteroatoms. The van der Waals surface area contributed by atoms with Crippen LogP contribution >= 0.6 is 11.6 Å². The lowest BCUT2D eigenvalue weighted by molar-refractivity contribution is -0.126. The van der Waals surface area contributed by atoms with Gasteiger partial charge in [-0.3, -0.25) is 19.9 Å². The maximum atomic E-state index is 12.3. The number of rotatable bonds is 8. The summed E-state index contributed by atoms with van der Waals surface area (Å²) >= 11 is 5.38. The Bertz CT molecular complexity index is 437. The molecule has 1 rings (SSSR count). The van der Waals surface area contributed by atoms with Crippen molar-refractivity contribution in [3.63, 3.8) is 0 Å². The highest BCUT2D eigenvalue weighted by atomic mass is 35.5. The molecule has 0 bridgehead atoms. The zero-order valence-electron chi connectivity index (χ0n) is 13.7. The fourth-order valence-corrected chi connectivity index (χ4v) is 3.08. The van der Waals surface area contributed by atoms with Gasteiger partial charge in [-0.2, -0.15) is 0 Å². The Morgan fingerprint density at radius 1 is 1.41 bits per heavy atom. The first kappa shape index (κ1) is 18.9. The molecule has 22 heavy (non-hydrogen) atoms. The smallest absolute Gasteiger partial charge is 0.168 e. The van der Waals surface area contributed by atoms with Gasteiger partial charge in [-0.1, -0.05) is 38.3 Å². The Morgan fingerprint density at radius 2 is 2.05 bits per heavy atom. The third-order valence-corrected chi connectivity index (χ3v) is 4.07. The monoisotopic (exact) mass is 327 g/mol. The highest BCUT2D eigenvalue weighted by molar-refractivity contribution is 6.25. The molecule has 0 saturated heterocycles. The normalized spacial score (nSPS) is 20.5. The average molecular weight is 328 g/mol. The Labute approximate surface area is 137 Å². The summed E-state index contributed by atoms with van der Waals surface area (Å²) in [6, 6.07) is 0. The third kappa shape index (κ3) is 5.93. The molecule has 1 aliphatic rings. The summed E-state index contributed by atoms with van der Waals surface area (Å²) in [5, 5.41) is 0. The van der Waals surface area contributed by atoms with Gasteiger partial charge in [0.1, 0.15) is 0 Å². The Morgan fingerprint density at radius 3 is 2.59 bits per heavy atom. The molecule has 124 valence electrons. The number of halogens is 1. The van der Waals surface area contributed by atoms with Crippen LogP contribution in [0.4, 0.5) is 0 Å². The molecule has 1 atom stereocenters. The minimum absolute atomic E-state index is 0.0774. The van der Waals surface area contributed by atoms with E-state index in [-0.39, 0.29) is 29.7 Å². The second-order valence-electron chi connectivity index (χ2n) is 6.02. The molecule has 1 unspecified atom stereocenters. The molecule has 0 spiro atoms. The number of hydrogen-bond acceptors (Lipinski definition) is 4. The van der Waals surface area contributed by atoms with Crippen molar-refractivity contribution >= 4 is 23.2 Å². The van der Waals surface area contributed by atoms with E-state index < -0.39 is 0 Å². The summed E-state index contributed by atoms with van der Waals surface area (Å²) in [5.74, 6) is 0.585. The molecule has 1 aliphatic carbocycles. The van der Waals surface area contributed by atoms with Crippen molar-refractivity contribution in [1.82, 2.24) is 5.48 Å². The summed E-state index contributed by atoms with van der Waals surface area (Å²) < 4.78 is 0. The number of ketones is 2. The van der Waals surface area contributed by atoms with Gasteiger partial charge in [0.25, 0.3) is 0 Å². The molecule has 1 N–H and O–H groups in total. The van der Waals surface area contributed by atoms with Crippen LogP contribution in [0.1, 0.15) is 52.9 Å². The second kappa shape index (κ2) is 9.80. The highest BCUT2D eigenvalue weighted by Gasteiger charge is 2.32. The first-order valence-corrected chi connectivity index (χ1v) is 8.33. The summed E-state index contributed by atoms with van der Waals surface area (Å²) in [6.45, 7) is 6.31. The van der Waals surface area contributed by atoms with E-state index >= 15 is 0 Å². The molecule has 1 fully saturated rings. The van der Waals surface area contributed by atoms with Gasteiger partial charge in [-0.05, 0) is 31.3 Å². The van der Waals surface area contributed by atoms with Crippen molar-refractivity contribution in [3.8, 4) is 0 Å². The minimum atomic E-state index is -0.0774. The fourth-order valence-electron chi connectivity index (χ4n) is 3.01. The van der Waals surface area contributed by atoms with Gasteiger partial charge in [-0.25, -0.2) is 0 Å². The number of nitrogens with one attached hydrogen (secondary N) is 1. The van der Waals surface area contributed by atoms with E-state index in [0.29, 0.717) is 24.5 Å². The predicted molar refractivity (Wildman–Crippen MR) is 88.2 cm³/mol. The van der Waals surface area contributed by atoms with Gasteiger partial charge >= 0.3 is 0 Å². The van der Waals surface area contributed by atoms with Gasteiger partial charge in [0.05, 0.1) is 12.2 Å². The van der Waals surface area contributed by atoms with Gasteiger partial charge in [-0.15, -0.1) is 0 Å². The molecule has 0 aromatic rings. The maximum Gasteiger partial charge on any atom is 0.168 e. The van der Waals surface area contributed by atoms with Crippen molar-refractivity contribution in [3.05, 3.63) is 22.9 Å². The molecular formula is C17H26ClNO3. The zero-order valence-corrected chi connectivity index (χ0v) is 14.4. The van der Waals surface area contributed by atoms with Crippen LogP contribution in [0.15, 0.2) is 22.9 Å². The van der Waals surface area contributed by atoms with E-state index in [0.717, 1.165) is 19.3 Å². The number of hydrogen-bond donors (Lipinski definition) is 1. The summed E-state index contributed by atoms with van der Waals surface area (Å²) in [6.07, 6.45) is 5.75. The largest absolute Gasteiger partial charge is 0.294 e. The zero-order chi connectivity index (χ0) is 16.5. The first-order valence-electron chi connectivity index (χ1n) is 7.89. The maximum absolute atomic E-state index is 12.3. The number of allylic oxidation sites excluding steroid dienone is 2. The van der Waals surface area contributed by atoms with Crippen LogP contribution < -0.4 is 5.48 Å². The standard InChI is InChI=1S/C17H26ClNO3/c1-4-6-12(2)9-14-10-15(20)17(16(21)11-14)13(3)19-22-8-5-7-18/h5,7,12,14,19H,4,6,8-11H2,1-3H3/b7-5-,17-13?. The lowest BCUT2D eigenvalue weighted by Crippen LogP contribution is -2.30. The topological polar surface area (TPSA) is 55.4 Å². The van der Waals surface area contributed by atoms with Crippen LogP contribution in [0.3, 0.4) is 0 Å². The van der Waals surface area contributed by atoms with E-state index in [1.165, 1.54) is 5.54 Å². The SMILES string of the molecule is CCCC(C)CC1CC(=O)C(=C(C)NOC/C=C\Cl)C(=O)C1. The van der Waals surface area contributed by atoms with Crippen molar-refractivity contribution in [2.45, 2.75) is 52.9 Å². The van der Waals surface area contributed by atoms with Gasteiger partial charge in [0.2, 0.25) is 0 Å². The molecule has 0 heterocycles. The van der Waals surface area contributed by atoms with Crippen molar-refractivity contribution in [2.75, 3.05) is 6.61 Å². The summed E-state index contributed by atoms with van der Waals surface area (Å²) in [5.41, 5.74) is 4.75. The molecule has 0 aliphatic heterocycles. The van der Waals surface area contributed by atoms with Crippen molar-refractivity contribution in [1.29, 1.82) is 0 Å². The fraction of sp³-hybridized carbons (Fsp3) is 0.647. The molecule has 0 amide bonds. The third-order valence-electron chi connectivity index (χ3n) is 3.89. The van der Waals surface area contributed by atoms with E-state index in [4.69, 9.17) is 16.4 Å². The molecule has 4 nitrogen and oxygen atoms in total. The minimum Gasteiger partial charge on any atom is -0.294 e. The Kier molecular flexibility index (Phi) is 8.43. The summed E-state index contributed by atoms with van der Waals surface area (Å²) in [4.78, 5) is 29.7. The number of carbonyl (C=O) groups excluding carboxylic acids is 2. The van der Waals surface area contributed by atoms with Crippen LogP contribution in [0.2, 0.25) is 0 Å². The van der Waals surface area contributed by atoms with Crippen molar-refractivity contribution in [2.24, 2.45) is 11.8 Å². The summed E-state index contributed by atoms with van der Waals surface area (Å²) in [7, 11) is 0. The lowest BCUT2D eigenvalue weighted by Gasteiger charge is -2.25. The highest BCUT2D eigenvalue weighted by Crippen LogP contribution is 2.30. The molecule has 0 aromatic heterocycles. The van der Waals surface area contributed by atoms with Crippen LogP contribution in [-0.2, 0) is 14.4 Å². The van der Waals surface area contributed by atoms with Crippen molar-refractivity contribution < 1.29 is 14.4 Å². The Hall–Kier alpha value is -1.13. The molecule has 1 saturated carbocycles. The average Bonchev–Trinajstić information content (AvgIpc) is 2.43. The second-order valence-corrected chi connectivity index (χ2v) is 6.28. The predicted octanol–water partition coefficient (Wildman–Crippen LogP) is 3.91. The molecule has 0 aromatic carbocycles. The van der Waals surface area contributed by atoms with E-state index in [2.05, 4.69) is 19.3 Å². The van der Waals surface area contributed by atoms with E-state index in [1.807, 2.05) is 0 Å². The number of Topliss-reactive ketones (excluding diaryl/α,β-unsaturated/α-hetero) is 2. The number of hydroxylamine groups is 1. The van der Waals surface area contributed by atoms with Crippen LogP contribution in [0.25, 0.3) is 0 Å². The first-order chi connectivity index (χ1) is 10.5. The van der Waals surface area contributed by atoms with Gasteiger partial charge in [0.15, 0.2) is 11.6 Å². The van der Waals surface area contributed by atoms with Crippen LogP contribution in [-0.4, -0.2) is 18.2 Å². The van der Waals surface area contributed by atoms with Crippen LogP contribution in [0.5, 0.6) is 0 Å². The van der Waals surface area contributed by atoms with Gasteiger partial charge in [0, 0.05) is 24.1 Å². The quantitative estimate of drug-likeness (QED) is 0.318. The molecular weight excluding hydrogens is 302 g/mol. The Balaban J connectivity index is 2.62. The van der Waals surface area contributed by atoms with Gasteiger partial charge < -0.3 is 0 Å². The van der Waals surface area contributed by atoms with Crippen LogP contribution in [0, 0.1) is 11.8 Å². The molecule has 0 radical (unpaired) electrons. The lowest BCUT2D eigenvalue weighted by atomic mass is 9.78. The number of carbonyl (C=O) groups is 2. The van der Waals surface area contributed by atoms with E-state index in [1.54, 1.807) is 13.0 Å². The van der Waals surface area contributed by atoms with E-state index in [9.17, 15) is 9.59 Å².